The van der Waals surface area contributed by atoms with Crippen LogP contribution in [0.25, 0.3) is 0 Å². The van der Waals surface area contributed by atoms with Crippen LogP contribution < -0.4 is 14.8 Å². The number of carbonyl (C=O) groups is 2. The number of nitrogens with zero attached hydrogens (tertiary/aromatic N) is 1. The fraction of sp³-hybridized carbons (Fsp3) is 0.636. The minimum Gasteiger partial charge on any atom is -0.490 e. The molecule has 8 heteroatoms. The second-order valence-electron chi connectivity index (χ2n) is 8.94. The van der Waals surface area contributed by atoms with Gasteiger partial charge in [-0.1, -0.05) is 0 Å². The first-order valence-corrected chi connectivity index (χ1v) is 10.5. The lowest BCUT2D eigenvalue weighted by atomic mass is 9.94. The highest BCUT2D eigenvalue weighted by Crippen LogP contribution is 2.34. The molecule has 0 bridgehead atoms. The third kappa shape index (κ3) is 5.56. The average Bonchev–Trinajstić information content (AvgIpc) is 2.90. The van der Waals surface area contributed by atoms with Crippen molar-refractivity contribution in [2.75, 3.05) is 32.8 Å². The molecule has 2 aliphatic heterocycles. The molecule has 1 aromatic rings. The fourth-order valence-electron chi connectivity index (χ4n) is 3.61. The molecule has 1 aromatic carbocycles. The van der Waals surface area contributed by atoms with Gasteiger partial charge in [0, 0.05) is 25.4 Å². The quantitative estimate of drug-likeness (QED) is 0.780. The molecule has 166 valence electrons. The van der Waals surface area contributed by atoms with E-state index in [9.17, 15) is 14.7 Å². The van der Waals surface area contributed by atoms with E-state index in [1.807, 2.05) is 33.8 Å². The molecule has 2 heterocycles. The summed E-state index contributed by atoms with van der Waals surface area (Å²) in [6, 6.07) is 3.65. The number of aliphatic hydroxyl groups is 1. The van der Waals surface area contributed by atoms with Crippen LogP contribution in [0, 0.1) is 12.8 Å². The van der Waals surface area contributed by atoms with Crippen molar-refractivity contribution < 1.29 is 28.9 Å². The monoisotopic (exact) mass is 420 g/mol. The van der Waals surface area contributed by atoms with E-state index in [1.165, 1.54) is 4.90 Å². The van der Waals surface area contributed by atoms with Gasteiger partial charge in [-0.3, -0.25) is 4.79 Å². The zero-order valence-corrected chi connectivity index (χ0v) is 18.2. The number of hydrogen-bond acceptors (Lipinski definition) is 6. The summed E-state index contributed by atoms with van der Waals surface area (Å²) >= 11 is 0. The highest BCUT2D eigenvalue weighted by molar-refractivity contribution is 5.98. The summed E-state index contributed by atoms with van der Waals surface area (Å²) in [7, 11) is 0. The number of rotatable bonds is 3. The molecule has 0 spiro atoms. The molecule has 0 aromatic heterocycles. The summed E-state index contributed by atoms with van der Waals surface area (Å²) in [5.41, 5.74) is 0.771. The third-order valence-corrected chi connectivity index (χ3v) is 5.13. The van der Waals surface area contributed by atoms with E-state index in [0.29, 0.717) is 49.8 Å². The molecule has 0 radical (unpaired) electrons. The molecule has 2 atom stereocenters. The minimum absolute atomic E-state index is 0.145. The SMILES string of the molecule is Cc1cc2c(c(C(=O)NC[C@H]3CCN(C(=O)OC(C)(C)C)C[C@H]3O)c1)OCCCO2. The summed E-state index contributed by atoms with van der Waals surface area (Å²) in [6.45, 7) is 9.36. The normalized spacial score (nSPS) is 21.6. The van der Waals surface area contributed by atoms with Gasteiger partial charge in [0.15, 0.2) is 11.5 Å². The van der Waals surface area contributed by atoms with Gasteiger partial charge < -0.3 is 29.5 Å². The van der Waals surface area contributed by atoms with Crippen LogP contribution in [-0.4, -0.2) is 66.6 Å². The Morgan fingerprint density at radius 3 is 2.70 bits per heavy atom. The van der Waals surface area contributed by atoms with Gasteiger partial charge in [-0.05, 0) is 51.8 Å². The van der Waals surface area contributed by atoms with Crippen molar-refractivity contribution in [2.24, 2.45) is 5.92 Å². The van der Waals surface area contributed by atoms with Crippen LogP contribution in [0.2, 0.25) is 0 Å². The molecule has 1 fully saturated rings. The first-order chi connectivity index (χ1) is 14.1. The van der Waals surface area contributed by atoms with Crippen LogP contribution >= 0.6 is 0 Å². The number of piperidine rings is 1. The van der Waals surface area contributed by atoms with E-state index in [1.54, 1.807) is 6.07 Å². The Bertz CT molecular complexity index is 789. The number of fused-ring (bicyclic) bond motifs is 1. The number of ether oxygens (including phenoxy) is 3. The maximum atomic E-state index is 12.8. The molecule has 0 aliphatic carbocycles. The van der Waals surface area contributed by atoms with Crippen molar-refractivity contribution >= 4 is 12.0 Å². The largest absolute Gasteiger partial charge is 0.490 e. The van der Waals surface area contributed by atoms with E-state index >= 15 is 0 Å². The molecule has 0 saturated carbocycles. The topological polar surface area (TPSA) is 97.3 Å². The predicted molar refractivity (Wildman–Crippen MR) is 111 cm³/mol. The van der Waals surface area contributed by atoms with Crippen molar-refractivity contribution in [1.82, 2.24) is 10.2 Å². The molecule has 2 N–H and O–H groups in total. The van der Waals surface area contributed by atoms with E-state index in [0.717, 1.165) is 12.0 Å². The van der Waals surface area contributed by atoms with Crippen LogP contribution in [0.4, 0.5) is 4.79 Å². The molecule has 30 heavy (non-hydrogen) atoms. The van der Waals surface area contributed by atoms with E-state index in [2.05, 4.69) is 5.32 Å². The number of aliphatic hydroxyl groups excluding tert-OH is 1. The van der Waals surface area contributed by atoms with Crippen LogP contribution in [0.15, 0.2) is 12.1 Å². The van der Waals surface area contributed by atoms with Crippen molar-refractivity contribution in [3.8, 4) is 11.5 Å². The maximum absolute atomic E-state index is 12.8. The summed E-state index contributed by atoms with van der Waals surface area (Å²) in [6.07, 6.45) is 0.174. The van der Waals surface area contributed by atoms with Crippen molar-refractivity contribution in [3.63, 3.8) is 0 Å². The van der Waals surface area contributed by atoms with Crippen molar-refractivity contribution in [2.45, 2.75) is 52.2 Å². The molecule has 0 unspecified atom stereocenters. The van der Waals surface area contributed by atoms with Gasteiger partial charge in [-0.15, -0.1) is 0 Å². The van der Waals surface area contributed by atoms with Gasteiger partial charge >= 0.3 is 6.09 Å². The second-order valence-corrected chi connectivity index (χ2v) is 8.94. The van der Waals surface area contributed by atoms with Gasteiger partial charge in [0.2, 0.25) is 0 Å². The third-order valence-electron chi connectivity index (χ3n) is 5.13. The molecular weight excluding hydrogens is 388 g/mol. The van der Waals surface area contributed by atoms with Crippen LogP contribution in [0.1, 0.15) is 49.5 Å². The Morgan fingerprint density at radius 2 is 2.00 bits per heavy atom. The first-order valence-electron chi connectivity index (χ1n) is 10.5. The molecule has 1 saturated heterocycles. The molecule has 2 aliphatic rings. The summed E-state index contributed by atoms with van der Waals surface area (Å²) < 4.78 is 16.8. The second kappa shape index (κ2) is 9.12. The average molecular weight is 421 g/mol. The Kier molecular flexibility index (Phi) is 6.75. The zero-order valence-electron chi connectivity index (χ0n) is 18.2. The lowest BCUT2D eigenvalue weighted by molar-refractivity contribution is -0.0122. The number of aryl methyl sites for hydroxylation is 1. The lowest BCUT2D eigenvalue weighted by Crippen LogP contribution is -2.50. The van der Waals surface area contributed by atoms with Gasteiger partial charge in [-0.25, -0.2) is 4.79 Å². The highest BCUT2D eigenvalue weighted by atomic mass is 16.6. The molecule has 3 rings (SSSR count). The van der Waals surface area contributed by atoms with Crippen LogP contribution in [0.3, 0.4) is 0 Å². The number of amides is 2. The molecule has 8 nitrogen and oxygen atoms in total. The van der Waals surface area contributed by atoms with Gasteiger partial charge in [0.05, 0.1) is 31.4 Å². The van der Waals surface area contributed by atoms with Gasteiger partial charge in [-0.2, -0.15) is 0 Å². The summed E-state index contributed by atoms with van der Waals surface area (Å²) in [4.78, 5) is 26.6. The number of benzene rings is 1. The van der Waals surface area contributed by atoms with Crippen molar-refractivity contribution in [3.05, 3.63) is 23.3 Å². The Morgan fingerprint density at radius 1 is 1.27 bits per heavy atom. The maximum Gasteiger partial charge on any atom is 0.410 e. The summed E-state index contributed by atoms with van der Waals surface area (Å²) in [5, 5.41) is 13.4. The van der Waals surface area contributed by atoms with Gasteiger partial charge in [0.1, 0.15) is 5.60 Å². The predicted octanol–water partition coefficient (Wildman–Crippen LogP) is 2.50. The molecule has 2 amide bonds. The lowest BCUT2D eigenvalue weighted by Gasteiger charge is -2.36. The number of nitrogens with one attached hydrogen (secondary N) is 1. The standard InChI is InChI=1S/C22H32N2O6/c1-14-10-16(19-18(11-14)28-8-5-9-29-19)20(26)23-12-15-6-7-24(13-17(15)25)21(27)30-22(2,3)4/h10-11,15,17,25H,5-9,12-13H2,1-4H3,(H,23,26)/t15-,17-/m1/s1. The van der Waals surface area contributed by atoms with E-state index in [-0.39, 0.29) is 18.4 Å². The number of likely N-dealkylation sites (tertiary alicyclic amines) is 1. The summed E-state index contributed by atoms with van der Waals surface area (Å²) in [5.74, 6) is 0.648. The van der Waals surface area contributed by atoms with E-state index in [4.69, 9.17) is 14.2 Å². The van der Waals surface area contributed by atoms with E-state index < -0.39 is 17.8 Å². The molecular formula is C22H32N2O6. The highest BCUT2D eigenvalue weighted by Gasteiger charge is 2.33. The number of β-amino-alcohol motifs (C(OH)–C–C–N with tert-alkyl or cyclic N) is 1. The number of hydrogen-bond donors (Lipinski definition) is 2. The zero-order chi connectivity index (χ0) is 21.9. The Labute approximate surface area is 177 Å². The number of carbonyl (C=O) groups excluding carboxylic acids is 2. The first kappa shape index (κ1) is 22.2. The smallest absolute Gasteiger partial charge is 0.410 e. The Balaban J connectivity index is 1.58. The van der Waals surface area contributed by atoms with Crippen LogP contribution in [0.5, 0.6) is 11.5 Å². The van der Waals surface area contributed by atoms with Crippen LogP contribution in [-0.2, 0) is 4.74 Å². The van der Waals surface area contributed by atoms with Crippen molar-refractivity contribution in [1.29, 1.82) is 0 Å². The van der Waals surface area contributed by atoms with Gasteiger partial charge in [0.25, 0.3) is 5.91 Å². The fourth-order valence-corrected chi connectivity index (χ4v) is 3.61. The minimum atomic E-state index is -0.735. The Hall–Kier alpha value is -2.48.